The number of rotatable bonds is 1. The van der Waals surface area contributed by atoms with E-state index in [2.05, 4.69) is 0 Å². The highest BCUT2D eigenvalue weighted by molar-refractivity contribution is 7.38. The summed E-state index contributed by atoms with van der Waals surface area (Å²) in [5.74, 6) is 0.131. The Hall–Kier alpha value is -0.955. The molecule has 0 radical (unpaired) electrons. The molecule has 1 aliphatic carbocycles. The zero-order chi connectivity index (χ0) is 16.7. The number of thiophene rings is 1. The highest BCUT2D eigenvalue weighted by atomic mass is 35.5. The summed E-state index contributed by atoms with van der Waals surface area (Å²) in [6.45, 7) is 0. The molecule has 0 nitrogen and oxygen atoms in total. The number of hydrogen-bond donors (Lipinski definition) is 0. The van der Waals surface area contributed by atoms with Gasteiger partial charge in [0.05, 0.1) is 10.5 Å². The summed E-state index contributed by atoms with van der Waals surface area (Å²) >= 11 is 5.80. The molecule has 1 saturated carbocycles. The molecule has 2 aromatic rings. The van der Waals surface area contributed by atoms with Crippen LogP contribution in [0.4, 0.5) is 30.4 Å². The molecule has 1 atom stereocenters. The van der Waals surface area contributed by atoms with Crippen LogP contribution in [0.15, 0.2) is 24.3 Å². The van der Waals surface area contributed by atoms with E-state index in [4.69, 9.17) is 11.6 Å². The van der Waals surface area contributed by atoms with Gasteiger partial charge in [-0.05, 0) is 25.0 Å². The zero-order valence-electron chi connectivity index (χ0n) is 10.8. The fourth-order valence-electron chi connectivity index (χ4n) is 2.05. The molecule has 0 spiro atoms. The highest BCUT2D eigenvalue weighted by Gasteiger charge is 2.51. The molecular weight excluding hydrogens is 355 g/mol. The second-order valence-corrected chi connectivity index (χ2v) is 7.17. The van der Waals surface area contributed by atoms with Crippen LogP contribution in [0, 0.1) is 0 Å². The Balaban J connectivity index is 0.000000309. The maximum atomic E-state index is 13.1. The quantitative estimate of drug-likeness (QED) is 0.293. The third-order valence-electron chi connectivity index (χ3n) is 2.94. The summed E-state index contributed by atoms with van der Waals surface area (Å²) in [5, 5.41) is 1.05. The van der Waals surface area contributed by atoms with E-state index < -0.39 is 23.2 Å². The van der Waals surface area contributed by atoms with Crippen LogP contribution in [0.5, 0.6) is 0 Å². The fraction of sp³-hybridized carbons (Fsp3) is 0.333. The van der Waals surface area contributed by atoms with Crippen molar-refractivity contribution >= 4 is 39.4 Å². The van der Waals surface area contributed by atoms with Crippen LogP contribution < -0.4 is 0 Å². The molecule has 1 aromatic carbocycles. The van der Waals surface area contributed by atoms with E-state index in [0.717, 1.165) is 12.8 Å². The summed E-state index contributed by atoms with van der Waals surface area (Å²) in [6.07, 6.45) is 1.76. The molecule has 122 valence electrons. The molecule has 1 aromatic heterocycles. The Morgan fingerprint density at radius 3 is 2.05 bits per heavy atom. The highest BCUT2D eigenvalue weighted by Crippen LogP contribution is 2.57. The topological polar surface area (TPSA) is 0 Å². The number of fused-ring (bicyclic) bond motifs is 1. The van der Waals surface area contributed by atoms with Crippen molar-refractivity contribution in [2.75, 3.05) is 0 Å². The smallest absolute Gasteiger partial charge is 0.418 e. The fourth-order valence-corrected chi connectivity index (χ4v) is 4.48. The van der Waals surface area contributed by atoms with E-state index in [0.29, 0.717) is 20.0 Å². The minimum Gasteiger partial charge on any atom is -0.418 e. The summed E-state index contributed by atoms with van der Waals surface area (Å²) in [6, 6.07) is 6.49. The van der Waals surface area contributed by atoms with Crippen molar-refractivity contribution in [1.82, 2.24) is 0 Å². The standard InChI is InChI=1S/C12H9ClF3S.BF4/c13-9-4-3-8-5-10(7-1-2-7)17(11(8)6-9)12(14,15)16;2-1(3,4)5/h3-7H,1-2H2;/q+1;-1. The van der Waals surface area contributed by atoms with Crippen LogP contribution in [0.3, 0.4) is 0 Å². The number of hydrogen-bond acceptors (Lipinski definition) is 0. The maximum absolute atomic E-state index is 13.1. The molecule has 1 heterocycles. The molecule has 0 bridgehead atoms. The van der Waals surface area contributed by atoms with Gasteiger partial charge in [-0.25, -0.2) is 0 Å². The van der Waals surface area contributed by atoms with Crippen molar-refractivity contribution in [2.45, 2.75) is 24.3 Å². The van der Waals surface area contributed by atoms with Crippen molar-refractivity contribution < 1.29 is 30.4 Å². The Labute approximate surface area is 128 Å². The minimum absolute atomic E-state index is 0.131. The van der Waals surface area contributed by atoms with Crippen molar-refractivity contribution in [1.29, 1.82) is 0 Å². The van der Waals surface area contributed by atoms with E-state index in [9.17, 15) is 30.4 Å². The Morgan fingerprint density at radius 1 is 1.05 bits per heavy atom. The lowest BCUT2D eigenvalue weighted by Gasteiger charge is -1.98. The van der Waals surface area contributed by atoms with Gasteiger partial charge in [0.2, 0.25) is 0 Å². The molecule has 3 rings (SSSR count). The minimum atomic E-state index is -6.00. The molecule has 0 amide bonds. The first kappa shape index (κ1) is 17.4. The Bertz CT molecular complexity index is 666. The van der Waals surface area contributed by atoms with Crippen LogP contribution in [0.2, 0.25) is 5.02 Å². The summed E-state index contributed by atoms with van der Waals surface area (Å²) < 4.78 is 78.8. The molecule has 0 aliphatic heterocycles. The lowest BCUT2D eigenvalue weighted by molar-refractivity contribution is -0.0867. The Morgan fingerprint density at radius 2 is 1.59 bits per heavy atom. The van der Waals surface area contributed by atoms with Gasteiger partial charge in [0.15, 0.2) is 9.58 Å². The summed E-state index contributed by atoms with van der Waals surface area (Å²) in [4.78, 5) is 0.551. The summed E-state index contributed by atoms with van der Waals surface area (Å²) in [7, 11) is -7.76. The number of benzene rings is 1. The Kier molecular flexibility index (Phi) is 4.68. The second-order valence-electron chi connectivity index (χ2n) is 4.75. The SMILES string of the molecule is FC(F)(F)[s+]1c(C2CC2)cc2ccc(Cl)cc21.F[B-](F)(F)F. The third-order valence-corrected chi connectivity index (χ3v) is 5.35. The van der Waals surface area contributed by atoms with E-state index in [1.165, 1.54) is 6.07 Å². The largest absolute Gasteiger partial charge is 0.673 e. The van der Waals surface area contributed by atoms with Crippen LogP contribution in [0.25, 0.3) is 10.1 Å². The van der Waals surface area contributed by atoms with Gasteiger partial charge >= 0.3 is 12.8 Å². The maximum Gasteiger partial charge on any atom is 0.673 e. The monoisotopic (exact) mass is 364 g/mol. The van der Waals surface area contributed by atoms with Gasteiger partial charge in [0, 0.05) is 28.5 Å². The first-order valence-corrected chi connectivity index (χ1v) is 7.76. The van der Waals surface area contributed by atoms with Crippen molar-refractivity contribution in [3.63, 3.8) is 0 Å². The van der Waals surface area contributed by atoms with Crippen molar-refractivity contribution in [3.05, 3.63) is 34.2 Å². The molecule has 10 heteroatoms. The van der Waals surface area contributed by atoms with Gasteiger partial charge < -0.3 is 17.3 Å². The number of halogens is 8. The lowest BCUT2D eigenvalue weighted by atomic mass is 10.2. The van der Waals surface area contributed by atoms with Gasteiger partial charge in [0.25, 0.3) is 0 Å². The van der Waals surface area contributed by atoms with Gasteiger partial charge in [0.1, 0.15) is 0 Å². The molecule has 0 saturated heterocycles. The molecule has 0 N–H and O–H groups in total. The van der Waals surface area contributed by atoms with Gasteiger partial charge in [-0.15, -0.1) is 13.2 Å². The molecule has 1 aliphatic rings. The van der Waals surface area contributed by atoms with Crippen molar-refractivity contribution in [2.24, 2.45) is 0 Å². The predicted molar refractivity (Wildman–Crippen MR) is 74.9 cm³/mol. The summed E-state index contributed by atoms with van der Waals surface area (Å²) in [5.41, 5.74) is -4.19. The number of alkyl halides is 3. The van der Waals surface area contributed by atoms with Crippen molar-refractivity contribution in [3.8, 4) is 0 Å². The van der Waals surface area contributed by atoms with Gasteiger partial charge in [-0.3, -0.25) is 0 Å². The first-order valence-electron chi connectivity index (χ1n) is 6.16. The molecular formula is C12H9BClF7S. The third kappa shape index (κ3) is 4.52. The molecule has 22 heavy (non-hydrogen) atoms. The van der Waals surface area contributed by atoms with E-state index in [1.807, 2.05) is 0 Å². The van der Waals surface area contributed by atoms with Gasteiger partial charge in [-0.1, -0.05) is 11.6 Å². The molecule has 1 fully saturated rings. The average Bonchev–Trinajstić information content (AvgIpc) is 3.06. The van der Waals surface area contributed by atoms with E-state index in [1.54, 1.807) is 18.2 Å². The van der Waals surface area contributed by atoms with E-state index >= 15 is 0 Å². The average molecular weight is 365 g/mol. The molecule has 1 unspecified atom stereocenters. The van der Waals surface area contributed by atoms with Crippen LogP contribution in [-0.2, 0) is 5.51 Å². The predicted octanol–water partition coefficient (Wildman–Crippen LogP) is 6.90. The second kappa shape index (κ2) is 5.92. The van der Waals surface area contributed by atoms with Gasteiger partial charge in [-0.2, -0.15) is 0 Å². The van der Waals surface area contributed by atoms with Crippen LogP contribution in [0.1, 0.15) is 23.6 Å². The first-order chi connectivity index (χ1) is 9.97. The van der Waals surface area contributed by atoms with E-state index in [-0.39, 0.29) is 5.92 Å². The lowest BCUT2D eigenvalue weighted by Crippen LogP contribution is -2.02. The zero-order valence-corrected chi connectivity index (χ0v) is 12.4. The van der Waals surface area contributed by atoms with Crippen LogP contribution >= 0.6 is 22.1 Å². The van der Waals surface area contributed by atoms with Crippen LogP contribution in [-0.4, -0.2) is 7.25 Å². The normalized spacial score (nSPS) is 16.5.